The Morgan fingerprint density at radius 1 is 0.844 bits per heavy atom. The molecule has 1 fully saturated rings. The van der Waals surface area contributed by atoms with Crippen LogP contribution in [0, 0.1) is 0 Å². The second kappa shape index (κ2) is 9.97. The molecule has 2 heterocycles. The van der Waals surface area contributed by atoms with Gasteiger partial charge in [0.1, 0.15) is 11.4 Å². The maximum Gasteiger partial charge on any atom is 0.277 e. The molecule has 2 aliphatic heterocycles. The van der Waals surface area contributed by atoms with Gasteiger partial charge in [-0.2, -0.15) is 0 Å². The molecule has 2 aromatic rings. The lowest BCUT2D eigenvalue weighted by Gasteiger charge is -2.36. The minimum atomic E-state index is -0.293. The van der Waals surface area contributed by atoms with Gasteiger partial charge in [-0.15, -0.1) is 0 Å². The maximum absolute atomic E-state index is 13.4. The van der Waals surface area contributed by atoms with E-state index < -0.39 is 0 Å². The topological polar surface area (TPSA) is 62.3 Å². The van der Waals surface area contributed by atoms with Crippen LogP contribution in [0.4, 0.5) is 0 Å². The minimum Gasteiger partial charge on any atom is -0.496 e. The van der Waals surface area contributed by atoms with E-state index in [1.165, 1.54) is 10.5 Å². The van der Waals surface area contributed by atoms with E-state index in [0.717, 1.165) is 19.6 Å². The van der Waals surface area contributed by atoms with Gasteiger partial charge in [0.05, 0.1) is 25.8 Å². The van der Waals surface area contributed by atoms with Crippen molar-refractivity contribution in [3.8, 4) is 5.75 Å². The van der Waals surface area contributed by atoms with E-state index in [2.05, 4.69) is 21.9 Å². The second-order valence-electron chi connectivity index (χ2n) is 7.93. The Morgan fingerprint density at radius 3 is 2.22 bits per heavy atom. The standard InChI is InChI=1S/C25H29N3O4/c1-31-17-16-28-24(29)22(20-10-6-7-11-21(20)32-2)23(25(28)30)27-14-12-26(13-15-27)18-19-8-4-3-5-9-19/h3-11H,12-18H2,1-2H3. The van der Waals surface area contributed by atoms with Crippen LogP contribution < -0.4 is 4.74 Å². The highest BCUT2D eigenvalue weighted by Gasteiger charge is 2.42. The Morgan fingerprint density at radius 2 is 1.53 bits per heavy atom. The number of ether oxygens (including phenoxy) is 2. The molecule has 0 unspecified atom stereocenters. The lowest BCUT2D eigenvalue weighted by atomic mass is 10.0. The first kappa shape index (κ1) is 22.0. The van der Waals surface area contributed by atoms with Gasteiger partial charge in [0, 0.05) is 45.4 Å². The Labute approximate surface area is 188 Å². The van der Waals surface area contributed by atoms with Gasteiger partial charge >= 0.3 is 0 Å². The average molecular weight is 436 g/mol. The Balaban J connectivity index is 1.60. The van der Waals surface area contributed by atoms with Gasteiger partial charge in [-0.25, -0.2) is 0 Å². The molecule has 2 aliphatic rings. The average Bonchev–Trinajstić information content (AvgIpc) is 3.08. The lowest BCUT2D eigenvalue weighted by Crippen LogP contribution is -2.47. The molecule has 168 valence electrons. The van der Waals surface area contributed by atoms with E-state index in [9.17, 15) is 9.59 Å². The fourth-order valence-corrected chi connectivity index (χ4v) is 4.31. The highest BCUT2D eigenvalue weighted by Crippen LogP contribution is 2.36. The number of carbonyl (C=O) groups excluding carboxylic acids is 2. The van der Waals surface area contributed by atoms with Crippen LogP contribution in [0.15, 0.2) is 60.3 Å². The fourth-order valence-electron chi connectivity index (χ4n) is 4.31. The third kappa shape index (κ3) is 4.40. The summed E-state index contributed by atoms with van der Waals surface area (Å²) in [6.45, 7) is 4.39. The first-order valence-corrected chi connectivity index (χ1v) is 10.9. The van der Waals surface area contributed by atoms with Crippen molar-refractivity contribution in [3.05, 3.63) is 71.4 Å². The number of hydrogen-bond donors (Lipinski definition) is 0. The summed E-state index contributed by atoms with van der Waals surface area (Å²) in [5, 5.41) is 0. The van der Waals surface area contributed by atoms with Gasteiger partial charge in [0.15, 0.2) is 0 Å². The summed E-state index contributed by atoms with van der Waals surface area (Å²) in [7, 11) is 3.14. The molecule has 0 N–H and O–H groups in total. The molecular formula is C25H29N3O4. The lowest BCUT2D eigenvalue weighted by molar-refractivity contribution is -0.138. The SMILES string of the molecule is COCCN1C(=O)C(c2ccccc2OC)=C(N2CCN(Cc3ccccc3)CC2)C1=O. The predicted molar refractivity (Wildman–Crippen MR) is 122 cm³/mol. The molecule has 0 aliphatic carbocycles. The molecule has 4 rings (SSSR count). The van der Waals surface area contributed by atoms with Crippen LogP contribution in [-0.4, -0.2) is 80.1 Å². The first-order chi connectivity index (χ1) is 15.6. The van der Waals surface area contributed by atoms with E-state index in [0.29, 0.717) is 42.3 Å². The second-order valence-corrected chi connectivity index (χ2v) is 7.93. The molecular weight excluding hydrogens is 406 g/mol. The van der Waals surface area contributed by atoms with Crippen molar-refractivity contribution >= 4 is 17.4 Å². The largest absolute Gasteiger partial charge is 0.496 e. The summed E-state index contributed by atoms with van der Waals surface area (Å²) in [6.07, 6.45) is 0. The van der Waals surface area contributed by atoms with Gasteiger partial charge in [-0.1, -0.05) is 48.5 Å². The number of methoxy groups -OCH3 is 2. The summed E-state index contributed by atoms with van der Waals surface area (Å²) in [5.41, 5.74) is 2.80. The zero-order chi connectivity index (χ0) is 22.5. The molecule has 0 bridgehead atoms. The number of nitrogens with zero attached hydrogens (tertiary/aromatic N) is 3. The molecule has 32 heavy (non-hydrogen) atoms. The Kier molecular flexibility index (Phi) is 6.87. The van der Waals surface area contributed by atoms with Crippen LogP contribution in [0.5, 0.6) is 5.75 Å². The monoisotopic (exact) mass is 435 g/mol. The summed E-state index contributed by atoms with van der Waals surface area (Å²) in [6, 6.07) is 17.7. The quantitative estimate of drug-likeness (QED) is 0.593. The van der Waals surface area contributed by atoms with Crippen LogP contribution >= 0.6 is 0 Å². The Hall–Kier alpha value is -3.16. The van der Waals surface area contributed by atoms with Gasteiger partial charge < -0.3 is 14.4 Å². The number of piperazine rings is 1. The number of imide groups is 1. The number of hydrogen-bond acceptors (Lipinski definition) is 6. The number of carbonyl (C=O) groups is 2. The minimum absolute atomic E-state index is 0.226. The van der Waals surface area contributed by atoms with Crippen LogP contribution in [0.3, 0.4) is 0 Å². The molecule has 2 aromatic carbocycles. The summed E-state index contributed by atoms with van der Waals surface area (Å²) < 4.78 is 10.6. The third-order valence-electron chi connectivity index (χ3n) is 5.98. The number of para-hydroxylation sites is 1. The van der Waals surface area contributed by atoms with Gasteiger partial charge in [0.25, 0.3) is 11.8 Å². The van der Waals surface area contributed by atoms with Crippen molar-refractivity contribution in [3.63, 3.8) is 0 Å². The van der Waals surface area contributed by atoms with Gasteiger partial charge in [-0.05, 0) is 11.6 Å². The summed E-state index contributed by atoms with van der Waals surface area (Å²) >= 11 is 0. The molecule has 2 amide bonds. The van der Waals surface area contributed by atoms with E-state index in [1.54, 1.807) is 14.2 Å². The van der Waals surface area contributed by atoms with Crippen molar-refractivity contribution in [1.29, 1.82) is 0 Å². The molecule has 0 radical (unpaired) electrons. The van der Waals surface area contributed by atoms with Crippen molar-refractivity contribution in [2.45, 2.75) is 6.54 Å². The predicted octanol–water partition coefficient (Wildman–Crippen LogP) is 2.24. The molecule has 0 atom stereocenters. The van der Waals surface area contributed by atoms with Gasteiger partial charge in [-0.3, -0.25) is 19.4 Å². The highest BCUT2D eigenvalue weighted by molar-refractivity contribution is 6.36. The van der Waals surface area contributed by atoms with Crippen molar-refractivity contribution in [1.82, 2.24) is 14.7 Å². The first-order valence-electron chi connectivity index (χ1n) is 10.9. The highest BCUT2D eigenvalue weighted by atomic mass is 16.5. The molecule has 1 saturated heterocycles. The molecule has 0 saturated carbocycles. The van der Waals surface area contributed by atoms with Crippen LogP contribution in [-0.2, 0) is 20.9 Å². The van der Waals surface area contributed by atoms with Crippen LogP contribution in [0.25, 0.3) is 5.57 Å². The van der Waals surface area contributed by atoms with E-state index in [-0.39, 0.29) is 18.4 Å². The molecule has 0 aromatic heterocycles. The number of benzene rings is 2. The van der Waals surface area contributed by atoms with E-state index in [4.69, 9.17) is 9.47 Å². The van der Waals surface area contributed by atoms with E-state index >= 15 is 0 Å². The van der Waals surface area contributed by atoms with Crippen molar-refractivity contribution in [2.24, 2.45) is 0 Å². The number of amides is 2. The fraction of sp³-hybridized carbons (Fsp3) is 0.360. The number of rotatable bonds is 8. The van der Waals surface area contributed by atoms with Crippen molar-refractivity contribution in [2.75, 3.05) is 53.6 Å². The normalized spacial score (nSPS) is 17.4. The summed E-state index contributed by atoms with van der Waals surface area (Å²) in [5.74, 6) is 0.0279. The zero-order valence-electron chi connectivity index (χ0n) is 18.6. The van der Waals surface area contributed by atoms with Crippen molar-refractivity contribution < 1.29 is 19.1 Å². The summed E-state index contributed by atoms with van der Waals surface area (Å²) in [4.78, 5) is 32.4. The third-order valence-corrected chi connectivity index (χ3v) is 5.98. The molecule has 7 nitrogen and oxygen atoms in total. The van der Waals surface area contributed by atoms with E-state index in [1.807, 2.05) is 42.5 Å². The Bertz CT molecular complexity index is 997. The van der Waals surface area contributed by atoms with Crippen LogP contribution in [0.1, 0.15) is 11.1 Å². The smallest absolute Gasteiger partial charge is 0.277 e. The molecule has 7 heteroatoms. The van der Waals surface area contributed by atoms with Gasteiger partial charge in [0.2, 0.25) is 0 Å². The zero-order valence-corrected chi connectivity index (χ0v) is 18.6. The maximum atomic E-state index is 13.4. The molecule has 0 spiro atoms. The van der Waals surface area contributed by atoms with Crippen LogP contribution in [0.2, 0.25) is 0 Å².